The summed E-state index contributed by atoms with van der Waals surface area (Å²) in [5, 5.41) is 10.5. The second kappa shape index (κ2) is 7.16. The molecule has 4 rings (SSSR count). The molecule has 1 amide bonds. The highest BCUT2D eigenvalue weighted by Gasteiger charge is 2.26. The monoisotopic (exact) mass is 373 g/mol. The average molecular weight is 373 g/mol. The predicted molar refractivity (Wildman–Crippen MR) is 106 cm³/mol. The highest BCUT2D eigenvalue weighted by Crippen LogP contribution is 2.29. The van der Waals surface area contributed by atoms with E-state index in [1.54, 1.807) is 36.5 Å². The van der Waals surface area contributed by atoms with Crippen LogP contribution in [0.1, 0.15) is 15.9 Å². The number of aryl methyl sites for hydroxylation is 1. The molecule has 1 saturated heterocycles. The van der Waals surface area contributed by atoms with Gasteiger partial charge in [-0.15, -0.1) is 0 Å². The van der Waals surface area contributed by atoms with Crippen LogP contribution in [0.2, 0.25) is 0 Å². The van der Waals surface area contributed by atoms with E-state index in [1.165, 1.54) is 4.57 Å². The van der Waals surface area contributed by atoms with Crippen LogP contribution in [0.25, 0.3) is 10.9 Å². The van der Waals surface area contributed by atoms with Crippen molar-refractivity contribution in [3.63, 3.8) is 0 Å². The molecule has 0 bridgehead atoms. The molecule has 1 fully saturated rings. The molecule has 1 aromatic carbocycles. The summed E-state index contributed by atoms with van der Waals surface area (Å²) in [6.45, 7) is 2.14. The van der Waals surface area contributed by atoms with E-state index in [9.17, 15) is 14.9 Å². The van der Waals surface area contributed by atoms with Gasteiger partial charge in [0.2, 0.25) is 0 Å². The van der Waals surface area contributed by atoms with Crippen LogP contribution in [0.5, 0.6) is 0 Å². The minimum atomic E-state index is -0.301. The highest BCUT2D eigenvalue weighted by atomic mass is 16.2. The Balaban J connectivity index is 1.66. The van der Waals surface area contributed by atoms with Gasteiger partial charge in [-0.05, 0) is 18.2 Å². The lowest BCUT2D eigenvalue weighted by Gasteiger charge is -2.37. The van der Waals surface area contributed by atoms with Gasteiger partial charge < -0.3 is 14.4 Å². The van der Waals surface area contributed by atoms with Gasteiger partial charge in [0.05, 0.1) is 16.8 Å². The van der Waals surface area contributed by atoms with Crippen molar-refractivity contribution in [2.45, 2.75) is 0 Å². The third-order valence-electron chi connectivity index (χ3n) is 5.18. The quantitative estimate of drug-likeness (QED) is 0.684. The zero-order chi connectivity index (χ0) is 19.7. The number of amides is 1. The number of carbonyl (C=O) groups excluding carboxylic acids is 1. The first-order valence-electron chi connectivity index (χ1n) is 9.08. The summed E-state index contributed by atoms with van der Waals surface area (Å²) in [6, 6.07) is 13.2. The lowest BCUT2D eigenvalue weighted by Crippen LogP contribution is -2.49. The summed E-state index contributed by atoms with van der Waals surface area (Å²) >= 11 is 0. The maximum absolute atomic E-state index is 12.7. The van der Waals surface area contributed by atoms with Crippen molar-refractivity contribution in [2.24, 2.45) is 7.05 Å². The zero-order valence-corrected chi connectivity index (χ0v) is 15.5. The van der Waals surface area contributed by atoms with Gasteiger partial charge in [0.15, 0.2) is 0 Å². The summed E-state index contributed by atoms with van der Waals surface area (Å²) in [4.78, 5) is 33.1. The van der Waals surface area contributed by atoms with E-state index in [-0.39, 0.29) is 17.0 Å². The largest absolute Gasteiger partial charge is 0.366 e. The predicted octanol–water partition coefficient (Wildman–Crippen LogP) is 1.77. The summed E-state index contributed by atoms with van der Waals surface area (Å²) in [5.74, 6) is -0.0536. The zero-order valence-electron chi connectivity index (χ0n) is 15.5. The third kappa shape index (κ3) is 2.89. The molecule has 140 valence electrons. The Morgan fingerprint density at radius 3 is 2.54 bits per heavy atom. The molecule has 0 spiro atoms. The second-order valence-electron chi connectivity index (χ2n) is 6.74. The Morgan fingerprint density at radius 1 is 1.11 bits per heavy atom. The molecule has 0 saturated carbocycles. The molecule has 1 aliphatic heterocycles. The fourth-order valence-electron chi connectivity index (χ4n) is 3.71. The number of anilines is 1. The van der Waals surface area contributed by atoms with E-state index in [0.29, 0.717) is 37.4 Å². The molecule has 7 nitrogen and oxygen atoms in total. The molecule has 0 unspecified atom stereocenters. The minimum Gasteiger partial charge on any atom is -0.366 e. The van der Waals surface area contributed by atoms with Crippen molar-refractivity contribution >= 4 is 22.5 Å². The molecular formula is C21H19N5O2. The maximum atomic E-state index is 12.7. The molecule has 3 aromatic rings. The molecule has 0 N–H and O–H groups in total. The Morgan fingerprint density at radius 2 is 1.86 bits per heavy atom. The minimum absolute atomic E-state index is 0.0536. The smallest absolute Gasteiger partial charge is 0.270 e. The van der Waals surface area contributed by atoms with E-state index in [4.69, 9.17) is 0 Å². The molecule has 1 aliphatic rings. The van der Waals surface area contributed by atoms with Crippen LogP contribution in [0.4, 0.5) is 5.69 Å². The Hall–Kier alpha value is -3.66. The van der Waals surface area contributed by atoms with Crippen molar-refractivity contribution in [3.8, 4) is 6.07 Å². The average Bonchev–Trinajstić information content (AvgIpc) is 2.76. The van der Waals surface area contributed by atoms with Gasteiger partial charge in [-0.3, -0.25) is 14.6 Å². The van der Waals surface area contributed by atoms with Crippen molar-refractivity contribution in [2.75, 3.05) is 31.1 Å². The summed E-state index contributed by atoms with van der Waals surface area (Å²) in [5.41, 5.74) is 1.86. The number of para-hydroxylation sites is 1. The number of nitriles is 1. The van der Waals surface area contributed by atoms with Gasteiger partial charge in [-0.2, -0.15) is 5.26 Å². The number of benzene rings is 1. The van der Waals surface area contributed by atoms with Gasteiger partial charge >= 0.3 is 0 Å². The number of piperazine rings is 1. The van der Waals surface area contributed by atoms with Crippen LogP contribution in [0.15, 0.2) is 53.6 Å². The van der Waals surface area contributed by atoms with Gasteiger partial charge in [0.1, 0.15) is 11.6 Å². The lowest BCUT2D eigenvalue weighted by molar-refractivity contribution is 0.0746. The van der Waals surface area contributed by atoms with Crippen LogP contribution < -0.4 is 10.5 Å². The number of fused-ring (bicyclic) bond motifs is 1. The topological polar surface area (TPSA) is 82.2 Å². The fraction of sp³-hybridized carbons (Fsp3) is 0.238. The Labute approximate surface area is 162 Å². The number of nitrogens with zero attached hydrogens (tertiary/aromatic N) is 5. The van der Waals surface area contributed by atoms with E-state index in [0.717, 1.165) is 10.9 Å². The van der Waals surface area contributed by atoms with Crippen molar-refractivity contribution in [1.82, 2.24) is 14.5 Å². The summed E-state index contributed by atoms with van der Waals surface area (Å²) in [7, 11) is 1.68. The SMILES string of the molecule is Cn1c(=O)c(C#N)c(N2CCN(C(=O)c3cccnc3)CC2)c2ccccc21. The molecule has 7 heteroatoms. The first-order valence-corrected chi connectivity index (χ1v) is 9.08. The fourth-order valence-corrected chi connectivity index (χ4v) is 3.71. The first-order chi connectivity index (χ1) is 13.6. The lowest BCUT2D eigenvalue weighted by atomic mass is 10.1. The summed E-state index contributed by atoms with van der Waals surface area (Å²) in [6.07, 6.45) is 3.20. The van der Waals surface area contributed by atoms with Crippen molar-refractivity contribution in [3.05, 3.63) is 70.3 Å². The first kappa shape index (κ1) is 17.7. The van der Waals surface area contributed by atoms with E-state index in [2.05, 4.69) is 11.1 Å². The second-order valence-corrected chi connectivity index (χ2v) is 6.74. The van der Waals surface area contributed by atoms with Crippen LogP contribution in [0.3, 0.4) is 0 Å². The van der Waals surface area contributed by atoms with Gasteiger partial charge in [0.25, 0.3) is 11.5 Å². The number of aromatic nitrogens is 2. The highest BCUT2D eigenvalue weighted by molar-refractivity contribution is 5.96. The Kier molecular flexibility index (Phi) is 4.53. The molecule has 0 radical (unpaired) electrons. The molecule has 3 heterocycles. The standard InChI is InChI=1S/C21H19N5O2/c1-24-18-7-3-2-6-16(18)19(17(13-22)21(24)28)25-9-11-26(12-10-25)20(27)15-5-4-8-23-14-15/h2-8,14H,9-12H2,1H3. The van der Waals surface area contributed by atoms with Gasteiger partial charge in [0, 0.05) is 51.0 Å². The molecular weight excluding hydrogens is 354 g/mol. The Bertz CT molecular complexity index is 1140. The van der Waals surface area contributed by atoms with Crippen LogP contribution in [-0.4, -0.2) is 46.5 Å². The summed E-state index contributed by atoms with van der Waals surface area (Å²) < 4.78 is 1.51. The van der Waals surface area contributed by atoms with Crippen molar-refractivity contribution in [1.29, 1.82) is 5.26 Å². The maximum Gasteiger partial charge on any atom is 0.270 e. The van der Waals surface area contributed by atoms with Gasteiger partial charge in [-0.25, -0.2) is 0 Å². The number of hydrogen-bond donors (Lipinski definition) is 0. The molecule has 2 aromatic heterocycles. The molecule has 28 heavy (non-hydrogen) atoms. The van der Waals surface area contributed by atoms with Crippen molar-refractivity contribution < 1.29 is 4.79 Å². The number of rotatable bonds is 2. The molecule has 0 atom stereocenters. The third-order valence-corrected chi connectivity index (χ3v) is 5.18. The number of hydrogen-bond acceptors (Lipinski definition) is 5. The van der Waals surface area contributed by atoms with Crippen LogP contribution >= 0.6 is 0 Å². The van der Waals surface area contributed by atoms with Gasteiger partial charge in [-0.1, -0.05) is 18.2 Å². The normalized spacial score (nSPS) is 14.1. The van der Waals surface area contributed by atoms with E-state index in [1.807, 2.05) is 29.2 Å². The number of pyridine rings is 2. The van der Waals surface area contributed by atoms with E-state index < -0.39 is 0 Å². The van der Waals surface area contributed by atoms with Crippen LogP contribution in [-0.2, 0) is 7.05 Å². The van der Waals surface area contributed by atoms with Crippen LogP contribution in [0, 0.1) is 11.3 Å². The molecule has 0 aliphatic carbocycles. The van der Waals surface area contributed by atoms with E-state index >= 15 is 0 Å². The number of carbonyl (C=O) groups is 1.